The monoisotopic (exact) mass is 316 g/mol. The third-order valence-electron chi connectivity index (χ3n) is 9.12. The van der Waals surface area contributed by atoms with Gasteiger partial charge in [0.25, 0.3) is 0 Å². The highest BCUT2D eigenvalue weighted by Crippen LogP contribution is 2.67. The summed E-state index contributed by atoms with van der Waals surface area (Å²) in [6, 6.07) is 0. The van der Waals surface area contributed by atoms with Gasteiger partial charge in [0.15, 0.2) is 0 Å². The van der Waals surface area contributed by atoms with Gasteiger partial charge >= 0.3 is 0 Å². The first-order valence-corrected chi connectivity index (χ1v) is 10.3. The van der Waals surface area contributed by atoms with Gasteiger partial charge in [-0.05, 0) is 98.7 Å². The normalized spacial score (nSPS) is 54.4. The molecule has 1 heteroatoms. The van der Waals surface area contributed by atoms with Crippen LogP contribution in [-0.4, -0.2) is 11.7 Å². The van der Waals surface area contributed by atoms with Crippen molar-refractivity contribution >= 4 is 0 Å². The van der Waals surface area contributed by atoms with Crippen molar-refractivity contribution in [3.63, 3.8) is 0 Å². The van der Waals surface area contributed by atoms with Crippen LogP contribution in [0.25, 0.3) is 0 Å². The minimum Gasteiger partial charge on any atom is -0.396 e. The number of fused-ring (bicyclic) bond motifs is 5. The van der Waals surface area contributed by atoms with Crippen LogP contribution in [0, 0.1) is 40.4 Å². The Morgan fingerprint density at radius 3 is 2.65 bits per heavy atom. The molecule has 6 unspecified atom stereocenters. The Morgan fingerprint density at radius 1 is 1.09 bits per heavy atom. The van der Waals surface area contributed by atoms with Crippen molar-refractivity contribution in [3.05, 3.63) is 11.6 Å². The lowest BCUT2D eigenvalue weighted by molar-refractivity contribution is -0.137. The molecule has 0 saturated heterocycles. The SMILES string of the molecule is C/C=C1/CCC2[C@@H]3CCC4CC(C)CCC4(CO)C3CCC12C. The standard InChI is InChI=1S/C22H36O/c1-4-16-6-8-19-18-7-5-17-13-15(2)9-12-22(17,14-23)20(18)10-11-21(16,19)3/h4,15,17-20,23H,5-14H2,1-3H3/b16-4-/t15?,17?,18-,19?,20?,21?,22?/m0/s1. The lowest BCUT2D eigenvalue weighted by Crippen LogP contribution is -2.55. The van der Waals surface area contributed by atoms with Gasteiger partial charge in [-0.3, -0.25) is 0 Å². The van der Waals surface area contributed by atoms with Crippen LogP contribution < -0.4 is 0 Å². The lowest BCUT2D eigenvalue weighted by Gasteiger charge is -2.61. The van der Waals surface area contributed by atoms with E-state index in [0.717, 1.165) is 29.6 Å². The summed E-state index contributed by atoms with van der Waals surface area (Å²) in [5.74, 6) is 4.29. The zero-order chi connectivity index (χ0) is 16.2. The second-order valence-electron chi connectivity index (χ2n) is 9.73. The molecule has 0 heterocycles. The maximum absolute atomic E-state index is 10.5. The maximum atomic E-state index is 10.5. The van der Waals surface area contributed by atoms with Crippen molar-refractivity contribution in [2.45, 2.75) is 78.6 Å². The van der Waals surface area contributed by atoms with Gasteiger partial charge in [0.05, 0.1) is 0 Å². The van der Waals surface area contributed by atoms with E-state index in [-0.39, 0.29) is 5.41 Å². The molecule has 1 nitrogen and oxygen atoms in total. The van der Waals surface area contributed by atoms with Gasteiger partial charge in [-0.15, -0.1) is 0 Å². The van der Waals surface area contributed by atoms with Crippen LogP contribution in [0.15, 0.2) is 11.6 Å². The van der Waals surface area contributed by atoms with Crippen LogP contribution in [0.5, 0.6) is 0 Å². The topological polar surface area (TPSA) is 20.2 Å². The zero-order valence-electron chi connectivity index (χ0n) is 15.5. The van der Waals surface area contributed by atoms with Gasteiger partial charge < -0.3 is 5.11 Å². The molecule has 7 atom stereocenters. The molecule has 1 N–H and O–H groups in total. The molecule has 4 fully saturated rings. The molecule has 4 saturated carbocycles. The molecule has 0 spiro atoms. The summed E-state index contributed by atoms with van der Waals surface area (Å²) in [7, 11) is 0. The van der Waals surface area contributed by atoms with E-state index in [4.69, 9.17) is 0 Å². The van der Waals surface area contributed by atoms with Gasteiger partial charge in [0.1, 0.15) is 0 Å². The summed E-state index contributed by atoms with van der Waals surface area (Å²) in [5.41, 5.74) is 2.52. The van der Waals surface area contributed by atoms with E-state index < -0.39 is 0 Å². The first kappa shape index (κ1) is 16.2. The highest BCUT2D eigenvalue weighted by Gasteiger charge is 2.59. The minimum absolute atomic E-state index is 0.287. The predicted octanol–water partition coefficient (Wildman–Crippen LogP) is 5.58. The van der Waals surface area contributed by atoms with Gasteiger partial charge in [-0.2, -0.15) is 0 Å². The molecule has 4 aliphatic carbocycles. The van der Waals surface area contributed by atoms with E-state index in [9.17, 15) is 5.11 Å². The number of allylic oxidation sites excluding steroid dienone is 2. The fraction of sp³-hybridized carbons (Fsp3) is 0.909. The molecule has 0 aromatic rings. The molecule has 0 amide bonds. The van der Waals surface area contributed by atoms with Crippen molar-refractivity contribution in [2.24, 2.45) is 40.4 Å². The Labute approximate surface area is 142 Å². The average molecular weight is 317 g/mol. The molecule has 0 aliphatic heterocycles. The molecule has 0 aromatic heterocycles. The van der Waals surface area contributed by atoms with Crippen LogP contribution in [0.3, 0.4) is 0 Å². The Balaban J connectivity index is 1.66. The smallest absolute Gasteiger partial charge is 0.0492 e. The number of rotatable bonds is 1. The van der Waals surface area contributed by atoms with Crippen molar-refractivity contribution in [3.8, 4) is 0 Å². The highest BCUT2D eigenvalue weighted by molar-refractivity contribution is 5.23. The van der Waals surface area contributed by atoms with Gasteiger partial charge in [0, 0.05) is 6.61 Å². The molecule has 4 rings (SSSR count). The molecular weight excluding hydrogens is 280 g/mol. The van der Waals surface area contributed by atoms with E-state index in [1.165, 1.54) is 57.8 Å². The van der Waals surface area contributed by atoms with Gasteiger partial charge in [-0.1, -0.05) is 31.9 Å². The second kappa shape index (κ2) is 5.61. The fourth-order valence-corrected chi connectivity index (χ4v) is 7.90. The fourth-order valence-electron chi connectivity index (χ4n) is 7.90. The third-order valence-corrected chi connectivity index (χ3v) is 9.12. The quantitative estimate of drug-likeness (QED) is 0.626. The van der Waals surface area contributed by atoms with Gasteiger partial charge in [-0.25, -0.2) is 0 Å². The summed E-state index contributed by atoms with van der Waals surface area (Å²) >= 11 is 0. The first-order chi connectivity index (χ1) is 11.0. The van der Waals surface area contributed by atoms with Crippen molar-refractivity contribution < 1.29 is 5.11 Å². The Kier molecular flexibility index (Phi) is 3.95. The van der Waals surface area contributed by atoms with E-state index in [2.05, 4.69) is 26.8 Å². The van der Waals surface area contributed by atoms with Crippen molar-refractivity contribution in [1.29, 1.82) is 0 Å². The molecule has 0 bridgehead atoms. The summed E-state index contributed by atoms with van der Waals surface area (Å²) in [6.07, 6.45) is 14.8. The van der Waals surface area contributed by atoms with Crippen molar-refractivity contribution in [1.82, 2.24) is 0 Å². The van der Waals surface area contributed by atoms with E-state index in [1.807, 2.05) is 0 Å². The lowest BCUT2D eigenvalue weighted by atomic mass is 9.44. The summed E-state index contributed by atoms with van der Waals surface area (Å²) < 4.78 is 0. The first-order valence-electron chi connectivity index (χ1n) is 10.3. The zero-order valence-corrected chi connectivity index (χ0v) is 15.5. The van der Waals surface area contributed by atoms with Crippen LogP contribution in [0.4, 0.5) is 0 Å². The Bertz CT molecular complexity index is 494. The number of aliphatic hydroxyl groups excluding tert-OH is 1. The largest absolute Gasteiger partial charge is 0.396 e. The van der Waals surface area contributed by atoms with Crippen LogP contribution in [0.1, 0.15) is 78.6 Å². The summed E-state index contributed by atoms with van der Waals surface area (Å²) in [5, 5.41) is 10.5. The van der Waals surface area contributed by atoms with E-state index in [1.54, 1.807) is 5.57 Å². The molecule has 130 valence electrons. The molecular formula is C22H36O. The molecule has 0 radical (unpaired) electrons. The average Bonchev–Trinajstić information content (AvgIpc) is 2.90. The van der Waals surface area contributed by atoms with Crippen LogP contribution in [0.2, 0.25) is 0 Å². The second-order valence-corrected chi connectivity index (χ2v) is 9.73. The highest BCUT2D eigenvalue weighted by atomic mass is 16.3. The number of hydrogen-bond acceptors (Lipinski definition) is 1. The summed E-state index contributed by atoms with van der Waals surface area (Å²) in [6.45, 7) is 7.71. The predicted molar refractivity (Wildman–Crippen MR) is 96.1 cm³/mol. The van der Waals surface area contributed by atoms with Crippen LogP contribution in [-0.2, 0) is 0 Å². The number of hydrogen-bond donors (Lipinski definition) is 1. The summed E-state index contributed by atoms with van der Waals surface area (Å²) in [4.78, 5) is 0. The Hall–Kier alpha value is -0.300. The molecule has 4 aliphatic rings. The Morgan fingerprint density at radius 2 is 1.91 bits per heavy atom. The van der Waals surface area contributed by atoms with E-state index in [0.29, 0.717) is 12.0 Å². The molecule has 0 aromatic carbocycles. The molecule has 23 heavy (non-hydrogen) atoms. The van der Waals surface area contributed by atoms with Crippen molar-refractivity contribution in [2.75, 3.05) is 6.61 Å². The third kappa shape index (κ3) is 2.14. The minimum atomic E-state index is 0.287. The number of aliphatic hydroxyl groups is 1. The maximum Gasteiger partial charge on any atom is 0.0492 e. The van der Waals surface area contributed by atoms with Crippen LogP contribution >= 0.6 is 0 Å². The van der Waals surface area contributed by atoms with E-state index >= 15 is 0 Å². The van der Waals surface area contributed by atoms with Gasteiger partial charge in [0.2, 0.25) is 0 Å².